The molecule has 0 fully saturated rings. The van der Waals surface area contributed by atoms with Gasteiger partial charge in [0, 0.05) is 18.7 Å². The molecule has 0 saturated heterocycles. The minimum atomic E-state index is 0.206. The molecule has 5 heteroatoms. The zero-order valence-corrected chi connectivity index (χ0v) is 14.1. The maximum Gasteiger partial charge on any atom is 0.226 e. The van der Waals surface area contributed by atoms with Crippen LogP contribution in [0.25, 0.3) is 11.5 Å². The highest BCUT2D eigenvalue weighted by Crippen LogP contribution is 2.32. The first-order valence-electron chi connectivity index (χ1n) is 8.34. The zero-order valence-electron chi connectivity index (χ0n) is 14.1. The topological polar surface area (TPSA) is 58.7 Å². The third kappa shape index (κ3) is 3.23. The average molecular weight is 336 g/mol. The van der Waals surface area contributed by atoms with Gasteiger partial charge in [-0.2, -0.15) is 0 Å². The highest BCUT2D eigenvalue weighted by Gasteiger charge is 2.20. The lowest BCUT2D eigenvalue weighted by Gasteiger charge is -2.28. The molecular formula is C20H20N2O3. The fourth-order valence-corrected chi connectivity index (χ4v) is 3.25. The van der Waals surface area contributed by atoms with Gasteiger partial charge in [-0.05, 0) is 41.8 Å². The number of hydrogen-bond donors (Lipinski definition) is 1. The third-order valence-corrected chi connectivity index (χ3v) is 4.55. The SMILES string of the molecule is COc1cc2c(cc1O)CCN(Cc1cnc(-c3ccccc3)o1)C2. The molecule has 0 radical (unpaired) electrons. The summed E-state index contributed by atoms with van der Waals surface area (Å²) in [5, 5.41) is 9.92. The van der Waals surface area contributed by atoms with E-state index >= 15 is 0 Å². The van der Waals surface area contributed by atoms with Crippen molar-refractivity contribution in [2.45, 2.75) is 19.5 Å². The number of aromatic nitrogens is 1. The minimum Gasteiger partial charge on any atom is -0.504 e. The van der Waals surface area contributed by atoms with Crippen LogP contribution in [0.2, 0.25) is 0 Å². The molecule has 1 aliphatic heterocycles. The molecule has 1 aliphatic rings. The van der Waals surface area contributed by atoms with Gasteiger partial charge in [0.2, 0.25) is 5.89 Å². The molecule has 25 heavy (non-hydrogen) atoms. The number of hydrogen-bond acceptors (Lipinski definition) is 5. The Kier molecular flexibility index (Phi) is 4.15. The number of fused-ring (bicyclic) bond motifs is 1. The van der Waals surface area contributed by atoms with Crippen LogP contribution in [0.4, 0.5) is 0 Å². The predicted molar refractivity (Wildman–Crippen MR) is 94.4 cm³/mol. The smallest absolute Gasteiger partial charge is 0.226 e. The quantitative estimate of drug-likeness (QED) is 0.789. The molecule has 2 heterocycles. The number of aromatic hydroxyl groups is 1. The van der Waals surface area contributed by atoms with Crippen LogP contribution in [0.3, 0.4) is 0 Å². The summed E-state index contributed by atoms with van der Waals surface area (Å²) < 4.78 is 11.1. The highest BCUT2D eigenvalue weighted by atomic mass is 16.5. The molecule has 5 nitrogen and oxygen atoms in total. The average Bonchev–Trinajstić information content (AvgIpc) is 3.10. The molecule has 128 valence electrons. The van der Waals surface area contributed by atoms with E-state index < -0.39 is 0 Å². The van der Waals surface area contributed by atoms with Gasteiger partial charge < -0.3 is 14.3 Å². The Morgan fingerprint density at radius 2 is 2.04 bits per heavy atom. The van der Waals surface area contributed by atoms with E-state index in [1.54, 1.807) is 13.3 Å². The van der Waals surface area contributed by atoms with Crippen molar-refractivity contribution in [3.63, 3.8) is 0 Å². The maximum atomic E-state index is 9.92. The summed E-state index contributed by atoms with van der Waals surface area (Å²) in [6.07, 6.45) is 2.70. The molecule has 4 rings (SSSR count). The van der Waals surface area contributed by atoms with Gasteiger partial charge in [-0.3, -0.25) is 4.90 Å². The van der Waals surface area contributed by atoms with Gasteiger partial charge in [0.15, 0.2) is 11.5 Å². The van der Waals surface area contributed by atoms with Crippen LogP contribution >= 0.6 is 0 Å². The molecule has 0 saturated carbocycles. The molecule has 2 aromatic carbocycles. The van der Waals surface area contributed by atoms with E-state index in [9.17, 15) is 5.11 Å². The molecule has 3 aromatic rings. The van der Waals surface area contributed by atoms with E-state index in [0.717, 1.165) is 30.8 Å². The van der Waals surface area contributed by atoms with Crippen LogP contribution in [-0.4, -0.2) is 28.6 Å². The van der Waals surface area contributed by atoms with Crippen LogP contribution in [-0.2, 0) is 19.5 Å². The molecule has 0 unspecified atom stereocenters. The Bertz CT molecular complexity index is 874. The summed E-state index contributed by atoms with van der Waals surface area (Å²) in [7, 11) is 1.57. The summed E-state index contributed by atoms with van der Waals surface area (Å²) in [5.41, 5.74) is 3.35. The van der Waals surface area contributed by atoms with Crippen LogP contribution in [0.15, 0.2) is 53.1 Å². The number of nitrogens with zero attached hydrogens (tertiary/aromatic N) is 2. The van der Waals surface area contributed by atoms with E-state index in [1.165, 1.54) is 11.1 Å². The van der Waals surface area contributed by atoms with Crippen LogP contribution in [0, 0.1) is 0 Å². The molecule has 0 atom stereocenters. The third-order valence-electron chi connectivity index (χ3n) is 4.55. The van der Waals surface area contributed by atoms with Gasteiger partial charge in [0.25, 0.3) is 0 Å². The summed E-state index contributed by atoms with van der Waals surface area (Å²) in [5.74, 6) is 2.23. The number of rotatable bonds is 4. The van der Waals surface area contributed by atoms with E-state index in [-0.39, 0.29) is 5.75 Å². The van der Waals surface area contributed by atoms with Gasteiger partial charge in [-0.1, -0.05) is 18.2 Å². The fourth-order valence-electron chi connectivity index (χ4n) is 3.25. The van der Waals surface area contributed by atoms with E-state index in [4.69, 9.17) is 9.15 Å². The van der Waals surface area contributed by atoms with Crippen molar-refractivity contribution >= 4 is 0 Å². The van der Waals surface area contributed by atoms with Crippen molar-refractivity contribution in [3.05, 3.63) is 65.5 Å². The summed E-state index contributed by atoms with van der Waals surface area (Å²) in [4.78, 5) is 6.70. The lowest BCUT2D eigenvalue weighted by Crippen LogP contribution is -2.29. The largest absolute Gasteiger partial charge is 0.504 e. The van der Waals surface area contributed by atoms with Gasteiger partial charge in [0.1, 0.15) is 5.76 Å². The van der Waals surface area contributed by atoms with Crippen LogP contribution in [0.1, 0.15) is 16.9 Å². The fraction of sp³-hybridized carbons (Fsp3) is 0.250. The molecule has 0 amide bonds. The monoisotopic (exact) mass is 336 g/mol. The second kappa shape index (κ2) is 6.61. The van der Waals surface area contributed by atoms with E-state index in [0.29, 0.717) is 18.2 Å². The Hall–Kier alpha value is -2.79. The lowest BCUT2D eigenvalue weighted by atomic mass is 9.99. The Labute approximate surface area is 146 Å². The molecule has 0 spiro atoms. The number of benzene rings is 2. The summed E-state index contributed by atoms with van der Waals surface area (Å²) >= 11 is 0. The number of phenolic OH excluding ortho intramolecular Hbond substituents is 1. The molecule has 0 bridgehead atoms. The first-order chi connectivity index (χ1) is 12.2. The Morgan fingerprint density at radius 1 is 1.20 bits per heavy atom. The second-order valence-corrected chi connectivity index (χ2v) is 6.25. The van der Waals surface area contributed by atoms with Gasteiger partial charge in [0.05, 0.1) is 19.9 Å². The van der Waals surface area contributed by atoms with Crippen molar-refractivity contribution in [1.29, 1.82) is 0 Å². The Balaban J connectivity index is 1.49. The lowest BCUT2D eigenvalue weighted by molar-refractivity contribution is 0.225. The molecular weight excluding hydrogens is 316 g/mol. The summed E-state index contributed by atoms with van der Waals surface area (Å²) in [6.45, 7) is 2.43. The predicted octanol–water partition coefficient (Wildman–Crippen LogP) is 3.61. The molecule has 0 aliphatic carbocycles. The number of methoxy groups -OCH3 is 1. The van der Waals surface area contributed by atoms with Crippen molar-refractivity contribution in [2.24, 2.45) is 0 Å². The maximum absolute atomic E-state index is 9.92. The summed E-state index contributed by atoms with van der Waals surface area (Å²) in [6, 6.07) is 13.6. The number of ether oxygens (including phenoxy) is 1. The van der Waals surface area contributed by atoms with Gasteiger partial charge in [-0.15, -0.1) is 0 Å². The van der Waals surface area contributed by atoms with Crippen molar-refractivity contribution in [2.75, 3.05) is 13.7 Å². The Morgan fingerprint density at radius 3 is 2.84 bits per heavy atom. The van der Waals surface area contributed by atoms with Crippen molar-refractivity contribution in [1.82, 2.24) is 9.88 Å². The second-order valence-electron chi connectivity index (χ2n) is 6.25. The van der Waals surface area contributed by atoms with Crippen LogP contribution in [0.5, 0.6) is 11.5 Å². The highest BCUT2D eigenvalue weighted by molar-refractivity contribution is 5.52. The molecule has 1 N–H and O–H groups in total. The van der Waals surface area contributed by atoms with E-state index in [1.807, 2.05) is 42.5 Å². The molecule has 1 aromatic heterocycles. The number of phenols is 1. The van der Waals surface area contributed by atoms with E-state index in [2.05, 4.69) is 9.88 Å². The first-order valence-corrected chi connectivity index (χ1v) is 8.34. The van der Waals surface area contributed by atoms with Crippen LogP contribution < -0.4 is 4.74 Å². The van der Waals surface area contributed by atoms with Crippen molar-refractivity contribution in [3.8, 4) is 23.0 Å². The normalized spacial score (nSPS) is 14.3. The first kappa shape index (κ1) is 15.7. The number of oxazole rings is 1. The minimum absolute atomic E-state index is 0.206. The van der Waals surface area contributed by atoms with Gasteiger partial charge >= 0.3 is 0 Å². The zero-order chi connectivity index (χ0) is 17.2. The van der Waals surface area contributed by atoms with Crippen molar-refractivity contribution < 1.29 is 14.3 Å². The standard InChI is InChI=1S/C20H20N2O3/c1-24-19-10-16-12-22(8-7-15(16)9-18(19)23)13-17-11-21-20(25-17)14-5-3-2-4-6-14/h2-6,9-11,23H,7-8,12-13H2,1H3. The van der Waals surface area contributed by atoms with Gasteiger partial charge in [-0.25, -0.2) is 4.98 Å².